The van der Waals surface area contributed by atoms with Crippen molar-refractivity contribution < 1.29 is 18.3 Å². The smallest absolute Gasteiger partial charge is 0.229 e. The molecule has 3 fully saturated rings. The van der Waals surface area contributed by atoms with E-state index in [0.717, 1.165) is 18.8 Å². The fourth-order valence-corrected chi connectivity index (χ4v) is 4.34. The number of nitrogens with zero attached hydrogens (tertiary/aromatic N) is 6. The van der Waals surface area contributed by atoms with Gasteiger partial charge in [-0.3, -0.25) is 0 Å². The molecule has 172 valence electrons. The summed E-state index contributed by atoms with van der Waals surface area (Å²) < 4.78 is 39.7. The Morgan fingerprint density at radius 2 is 1.06 bits per heavy atom. The number of piperazine rings is 1. The van der Waals surface area contributed by atoms with Crippen LogP contribution in [0.15, 0.2) is 24.3 Å². The molecule has 0 N–H and O–H groups in total. The number of hydrogen-bond donors (Lipinski definition) is 0. The van der Waals surface area contributed by atoms with E-state index in [9.17, 15) is 4.39 Å². The summed E-state index contributed by atoms with van der Waals surface area (Å²) in [5.74, 6) is 0.635. The molecule has 5 rings (SSSR count). The van der Waals surface area contributed by atoms with Crippen molar-refractivity contribution in [3.05, 3.63) is 35.9 Å². The van der Waals surface area contributed by atoms with Crippen LogP contribution in [0, 0.1) is 11.6 Å². The third kappa shape index (κ3) is 4.42. The number of rotatable bonds is 4. The number of benzene rings is 1. The Labute approximate surface area is 186 Å². The van der Waals surface area contributed by atoms with Gasteiger partial charge in [0.2, 0.25) is 11.8 Å². The molecule has 0 aliphatic carbocycles. The molecule has 0 saturated carbocycles. The van der Waals surface area contributed by atoms with Crippen molar-refractivity contribution in [3.63, 3.8) is 0 Å². The Hall–Kier alpha value is -2.72. The van der Waals surface area contributed by atoms with Gasteiger partial charge in [-0.2, -0.15) is 14.4 Å². The maximum atomic E-state index is 15.6. The van der Waals surface area contributed by atoms with E-state index in [4.69, 9.17) is 9.47 Å². The maximum Gasteiger partial charge on any atom is 0.229 e. The van der Waals surface area contributed by atoms with Crippen LogP contribution in [0.25, 0.3) is 0 Å². The second-order valence-corrected chi connectivity index (χ2v) is 8.13. The lowest BCUT2D eigenvalue weighted by Gasteiger charge is -2.37. The molecule has 3 aliphatic heterocycles. The topological polar surface area (TPSA) is 57.2 Å². The number of hydrogen-bond acceptors (Lipinski definition) is 8. The summed E-state index contributed by atoms with van der Waals surface area (Å²) in [6.07, 6.45) is 0. The Morgan fingerprint density at radius 3 is 1.56 bits per heavy atom. The zero-order valence-electron chi connectivity index (χ0n) is 18.1. The van der Waals surface area contributed by atoms with E-state index in [2.05, 4.69) is 19.8 Å². The molecule has 0 bridgehead atoms. The van der Waals surface area contributed by atoms with Gasteiger partial charge < -0.3 is 29.1 Å². The summed E-state index contributed by atoms with van der Waals surface area (Å²) in [6.45, 7) is 7.57. The summed E-state index contributed by atoms with van der Waals surface area (Å²) in [5, 5.41) is 0. The third-order valence-corrected chi connectivity index (χ3v) is 6.18. The highest BCUT2D eigenvalue weighted by Crippen LogP contribution is 2.30. The van der Waals surface area contributed by atoms with E-state index in [1.165, 1.54) is 12.1 Å². The van der Waals surface area contributed by atoms with Gasteiger partial charge in [0.15, 0.2) is 11.6 Å². The molecule has 8 nitrogen and oxygen atoms in total. The third-order valence-electron chi connectivity index (χ3n) is 6.18. The van der Waals surface area contributed by atoms with Gasteiger partial charge in [0, 0.05) is 58.0 Å². The minimum atomic E-state index is -0.373. The van der Waals surface area contributed by atoms with Crippen molar-refractivity contribution in [1.82, 2.24) is 9.97 Å². The summed E-state index contributed by atoms with van der Waals surface area (Å²) in [5.41, 5.74) is 0.995. The van der Waals surface area contributed by atoms with Gasteiger partial charge in [0.05, 0.1) is 26.4 Å². The van der Waals surface area contributed by atoms with Crippen molar-refractivity contribution in [2.75, 3.05) is 98.4 Å². The van der Waals surface area contributed by atoms with Gasteiger partial charge in [0.1, 0.15) is 5.82 Å². The van der Waals surface area contributed by atoms with Crippen LogP contribution in [0.2, 0.25) is 0 Å². The predicted molar refractivity (Wildman–Crippen MR) is 119 cm³/mol. The van der Waals surface area contributed by atoms with E-state index in [1.54, 1.807) is 12.1 Å². The normalized spacial score (nSPS) is 20.1. The van der Waals surface area contributed by atoms with Crippen molar-refractivity contribution in [2.24, 2.45) is 0 Å². The van der Waals surface area contributed by atoms with Crippen molar-refractivity contribution >= 4 is 23.3 Å². The average molecular weight is 447 g/mol. The van der Waals surface area contributed by atoms with Crippen LogP contribution in [-0.4, -0.2) is 88.8 Å². The predicted octanol–water partition coefficient (Wildman–Crippen LogP) is 1.75. The van der Waals surface area contributed by atoms with Gasteiger partial charge in [-0.1, -0.05) is 0 Å². The zero-order valence-corrected chi connectivity index (χ0v) is 18.1. The standard InChI is InChI=1S/C22H28F2N6O2/c23-17-1-3-18(4-2-17)27-5-7-30(8-6-27)22-25-20(28-9-13-31-14-10-28)19(24)21(26-22)29-11-15-32-16-12-29/h1-4H,5-16H2. The number of aromatic nitrogens is 2. The molecule has 1 aromatic carbocycles. The first-order chi connectivity index (χ1) is 15.7. The molecule has 32 heavy (non-hydrogen) atoms. The minimum Gasteiger partial charge on any atom is -0.378 e. The van der Waals surface area contributed by atoms with Crippen LogP contribution in [0.4, 0.5) is 32.1 Å². The first-order valence-corrected chi connectivity index (χ1v) is 11.2. The van der Waals surface area contributed by atoms with Gasteiger partial charge in [-0.25, -0.2) is 4.39 Å². The van der Waals surface area contributed by atoms with Crippen LogP contribution in [0.1, 0.15) is 0 Å². The minimum absolute atomic E-state index is 0.238. The molecule has 0 unspecified atom stereocenters. The molecule has 3 aliphatic rings. The van der Waals surface area contributed by atoms with Crippen LogP contribution in [0.3, 0.4) is 0 Å². The summed E-state index contributed by atoms with van der Waals surface area (Å²) in [6, 6.07) is 6.56. The van der Waals surface area contributed by atoms with Gasteiger partial charge in [-0.15, -0.1) is 0 Å². The Bertz CT molecular complexity index is 872. The molecular weight excluding hydrogens is 418 g/mol. The van der Waals surface area contributed by atoms with E-state index in [0.29, 0.717) is 83.3 Å². The quantitative estimate of drug-likeness (QED) is 0.704. The highest BCUT2D eigenvalue weighted by Gasteiger charge is 2.28. The number of morpholine rings is 2. The van der Waals surface area contributed by atoms with Gasteiger partial charge >= 0.3 is 0 Å². The van der Waals surface area contributed by atoms with E-state index < -0.39 is 0 Å². The summed E-state index contributed by atoms with van der Waals surface area (Å²) in [4.78, 5) is 17.5. The lowest BCUT2D eigenvalue weighted by molar-refractivity contribution is 0.121. The van der Waals surface area contributed by atoms with Gasteiger partial charge in [0.25, 0.3) is 0 Å². The lowest BCUT2D eigenvalue weighted by atomic mass is 10.2. The summed E-state index contributed by atoms with van der Waals surface area (Å²) in [7, 11) is 0. The molecule has 0 amide bonds. The van der Waals surface area contributed by atoms with Crippen molar-refractivity contribution in [1.29, 1.82) is 0 Å². The van der Waals surface area contributed by atoms with Crippen molar-refractivity contribution in [3.8, 4) is 0 Å². The molecule has 0 atom stereocenters. The monoisotopic (exact) mass is 446 g/mol. The molecule has 0 spiro atoms. The van der Waals surface area contributed by atoms with E-state index in [1.807, 2.05) is 9.80 Å². The van der Waals surface area contributed by atoms with E-state index >= 15 is 4.39 Å². The Kier molecular flexibility index (Phi) is 6.22. The number of halogens is 2. The van der Waals surface area contributed by atoms with Gasteiger partial charge in [-0.05, 0) is 24.3 Å². The largest absolute Gasteiger partial charge is 0.378 e. The molecule has 3 saturated heterocycles. The lowest BCUT2D eigenvalue weighted by Crippen LogP contribution is -2.47. The molecule has 10 heteroatoms. The highest BCUT2D eigenvalue weighted by atomic mass is 19.1. The average Bonchev–Trinajstić information content (AvgIpc) is 2.86. The number of anilines is 4. The second kappa shape index (κ2) is 9.41. The maximum absolute atomic E-state index is 15.6. The fraction of sp³-hybridized carbons (Fsp3) is 0.545. The van der Waals surface area contributed by atoms with Crippen LogP contribution < -0.4 is 19.6 Å². The molecule has 2 aromatic rings. The van der Waals surface area contributed by atoms with Crippen molar-refractivity contribution in [2.45, 2.75) is 0 Å². The van der Waals surface area contributed by atoms with Crippen LogP contribution in [0.5, 0.6) is 0 Å². The SMILES string of the molecule is Fc1ccc(N2CCN(c3nc(N4CCOCC4)c(F)c(N4CCOCC4)n3)CC2)cc1. The molecule has 0 radical (unpaired) electrons. The zero-order chi connectivity index (χ0) is 21.9. The molecule has 1 aromatic heterocycles. The fourth-order valence-electron chi connectivity index (χ4n) is 4.34. The van der Waals surface area contributed by atoms with Crippen LogP contribution >= 0.6 is 0 Å². The molecular formula is C22H28F2N6O2. The summed E-state index contributed by atoms with van der Waals surface area (Å²) >= 11 is 0. The highest BCUT2D eigenvalue weighted by molar-refractivity contribution is 5.58. The van der Waals surface area contributed by atoms with Crippen LogP contribution in [-0.2, 0) is 9.47 Å². The Morgan fingerprint density at radius 1 is 0.594 bits per heavy atom. The second-order valence-electron chi connectivity index (χ2n) is 8.13. The first kappa shape index (κ1) is 21.1. The first-order valence-electron chi connectivity index (χ1n) is 11.2. The number of ether oxygens (including phenoxy) is 2. The van der Waals surface area contributed by atoms with E-state index in [-0.39, 0.29) is 11.6 Å². The molecule has 4 heterocycles. The Balaban J connectivity index is 1.39.